The van der Waals surface area contributed by atoms with Crippen LogP contribution >= 0.6 is 0 Å². The monoisotopic (exact) mass is 331 g/mol. The highest BCUT2D eigenvalue weighted by Crippen LogP contribution is 2.29. The summed E-state index contributed by atoms with van der Waals surface area (Å²) < 4.78 is 43.6. The van der Waals surface area contributed by atoms with Crippen molar-refractivity contribution < 1.29 is 22.7 Å². The number of aromatic nitrogens is 1. The van der Waals surface area contributed by atoms with Gasteiger partial charge in [0.25, 0.3) is 0 Å². The lowest BCUT2D eigenvalue weighted by Crippen LogP contribution is -2.49. The van der Waals surface area contributed by atoms with E-state index in [1.165, 1.54) is 11.0 Å². The molecular weight excluding hydrogens is 311 g/mol. The summed E-state index contributed by atoms with van der Waals surface area (Å²) in [5.41, 5.74) is -1.11. The predicted molar refractivity (Wildman–Crippen MR) is 77.8 cm³/mol. The Morgan fingerprint density at radius 2 is 2.09 bits per heavy atom. The van der Waals surface area contributed by atoms with Gasteiger partial charge in [0.1, 0.15) is 11.3 Å². The number of amides is 1. The summed E-state index contributed by atoms with van der Waals surface area (Å²) in [5, 5.41) is 3.12. The molecule has 5 nitrogen and oxygen atoms in total. The van der Waals surface area contributed by atoms with Gasteiger partial charge in [0, 0.05) is 25.8 Å². The van der Waals surface area contributed by atoms with Crippen molar-refractivity contribution in [2.24, 2.45) is 0 Å². The Kier molecular flexibility index (Phi) is 4.84. The Hall–Kier alpha value is -1.83. The van der Waals surface area contributed by atoms with Crippen molar-refractivity contribution in [2.75, 3.05) is 19.6 Å². The molecule has 1 aromatic heterocycles. The summed E-state index contributed by atoms with van der Waals surface area (Å²) in [6.45, 7) is 6.47. The van der Waals surface area contributed by atoms with E-state index in [9.17, 15) is 18.0 Å². The third-order valence-corrected chi connectivity index (χ3v) is 3.30. The maximum Gasteiger partial charge on any atom is 0.433 e. The van der Waals surface area contributed by atoms with Crippen LogP contribution in [0.3, 0.4) is 0 Å². The highest BCUT2D eigenvalue weighted by atomic mass is 19.4. The largest absolute Gasteiger partial charge is 0.444 e. The molecule has 0 saturated carbocycles. The molecule has 1 unspecified atom stereocenters. The number of pyridine rings is 1. The zero-order valence-electron chi connectivity index (χ0n) is 13.3. The number of nitrogens with zero attached hydrogens (tertiary/aromatic N) is 2. The van der Waals surface area contributed by atoms with E-state index in [0.29, 0.717) is 18.7 Å². The van der Waals surface area contributed by atoms with E-state index in [4.69, 9.17) is 4.74 Å². The molecule has 0 radical (unpaired) electrons. The molecular formula is C15H20F3N3O2. The van der Waals surface area contributed by atoms with E-state index in [-0.39, 0.29) is 12.6 Å². The maximum atomic E-state index is 12.8. The molecule has 0 spiro atoms. The number of ether oxygens (including phenoxy) is 1. The van der Waals surface area contributed by atoms with Crippen LogP contribution in [0.4, 0.5) is 18.0 Å². The third kappa shape index (κ3) is 4.82. The van der Waals surface area contributed by atoms with Crippen LogP contribution in [0, 0.1) is 0 Å². The van der Waals surface area contributed by atoms with Crippen LogP contribution in [-0.4, -0.2) is 41.2 Å². The molecule has 23 heavy (non-hydrogen) atoms. The van der Waals surface area contributed by atoms with E-state index in [2.05, 4.69) is 10.3 Å². The molecule has 8 heteroatoms. The molecule has 1 aromatic rings. The second kappa shape index (κ2) is 6.35. The predicted octanol–water partition coefficient (Wildman–Crippen LogP) is 2.98. The van der Waals surface area contributed by atoms with Gasteiger partial charge in [-0.15, -0.1) is 0 Å². The van der Waals surface area contributed by atoms with Crippen molar-refractivity contribution in [3.8, 4) is 0 Å². The molecule has 1 aliphatic heterocycles. The van der Waals surface area contributed by atoms with Gasteiger partial charge in [0.2, 0.25) is 0 Å². The quantitative estimate of drug-likeness (QED) is 0.859. The van der Waals surface area contributed by atoms with Crippen molar-refractivity contribution >= 4 is 6.09 Å². The van der Waals surface area contributed by atoms with Gasteiger partial charge in [0.15, 0.2) is 0 Å². The van der Waals surface area contributed by atoms with Gasteiger partial charge in [-0.1, -0.05) is 0 Å². The first-order chi connectivity index (χ1) is 10.6. The lowest BCUT2D eigenvalue weighted by Gasteiger charge is -2.35. The van der Waals surface area contributed by atoms with E-state index < -0.39 is 23.6 Å². The molecule has 1 atom stereocenters. The minimum Gasteiger partial charge on any atom is -0.444 e. The number of alkyl halides is 3. The average Bonchev–Trinajstić information content (AvgIpc) is 2.45. The molecule has 1 saturated heterocycles. The lowest BCUT2D eigenvalue weighted by molar-refractivity contribution is -0.141. The van der Waals surface area contributed by atoms with Crippen LogP contribution in [0.15, 0.2) is 18.3 Å². The first kappa shape index (κ1) is 17.5. The van der Waals surface area contributed by atoms with Crippen molar-refractivity contribution in [1.82, 2.24) is 15.2 Å². The SMILES string of the molecule is CC(C)(C)OC(=O)N1CCNC(c2ccnc(C(F)(F)F)c2)C1. The van der Waals surface area contributed by atoms with E-state index in [0.717, 1.165) is 12.3 Å². The highest BCUT2D eigenvalue weighted by molar-refractivity contribution is 5.68. The Balaban J connectivity index is 2.11. The van der Waals surface area contributed by atoms with E-state index >= 15 is 0 Å². The zero-order chi connectivity index (χ0) is 17.3. The summed E-state index contributed by atoms with van der Waals surface area (Å²) in [5.74, 6) is 0. The standard InChI is InChI=1S/C15H20F3N3O2/c1-14(2,3)23-13(22)21-7-6-19-11(9-21)10-4-5-20-12(8-10)15(16,17)18/h4-5,8,11,19H,6-7,9H2,1-3H3. The van der Waals surface area contributed by atoms with Crippen molar-refractivity contribution in [3.63, 3.8) is 0 Å². The van der Waals surface area contributed by atoms with Crippen molar-refractivity contribution in [1.29, 1.82) is 0 Å². The lowest BCUT2D eigenvalue weighted by atomic mass is 10.0. The average molecular weight is 331 g/mol. The fourth-order valence-electron chi connectivity index (χ4n) is 2.28. The van der Waals surface area contributed by atoms with Crippen LogP contribution in [0.1, 0.15) is 38.1 Å². The first-order valence-corrected chi connectivity index (χ1v) is 7.31. The molecule has 0 aromatic carbocycles. The number of carbonyl (C=O) groups is 1. The third-order valence-electron chi connectivity index (χ3n) is 3.30. The second-order valence-corrected chi connectivity index (χ2v) is 6.41. The summed E-state index contributed by atoms with van der Waals surface area (Å²) in [4.78, 5) is 17.0. The van der Waals surface area contributed by atoms with Crippen LogP contribution in [-0.2, 0) is 10.9 Å². The molecule has 128 valence electrons. The minimum atomic E-state index is -4.49. The minimum absolute atomic E-state index is 0.246. The Labute approximate surface area is 132 Å². The molecule has 1 amide bonds. The number of halogens is 3. The fourth-order valence-corrected chi connectivity index (χ4v) is 2.28. The van der Waals surface area contributed by atoms with Gasteiger partial charge in [0.05, 0.1) is 6.04 Å². The number of piperazine rings is 1. The van der Waals surface area contributed by atoms with Gasteiger partial charge < -0.3 is 15.0 Å². The van der Waals surface area contributed by atoms with Crippen LogP contribution in [0.25, 0.3) is 0 Å². The number of hydrogen-bond donors (Lipinski definition) is 1. The molecule has 2 rings (SSSR count). The number of carbonyl (C=O) groups excluding carboxylic acids is 1. The highest BCUT2D eigenvalue weighted by Gasteiger charge is 2.34. The van der Waals surface area contributed by atoms with Gasteiger partial charge in [-0.2, -0.15) is 13.2 Å². The molecule has 0 aliphatic carbocycles. The van der Waals surface area contributed by atoms with Crippen LogP contribution in [0.5, 0.6) is 0 Å². The Bertz CT molecular complexity index is 570. The normalized spacial score (nSPS) is 19.6. The van der Waals surface area contributed by atoms with Crippen LogP contribution < -0.4 is 5.32 Å². The van der Waals surface area contributed by atoms with Gasteiger partial charge in [-0.05, 0) is 38.5 Å². The smallest absolute Gasteiger partial charge is 0.433 e. The molecule has 0 bridgehead atoms. The zero-order valence-corrected chi connectivity index (χ0v) is 13.3. The number of rotatable bonds is 1. The molecule has 1 fully saturated rings. The van der Waals surface area contributed by atoms with E-state index in [1.807, 2.05) is 0 Å². The topological polar surface area (TPSA) is 54.5 Å². The summed E-state index contributed by atoms with van der Waals surface area (Å²) >= 11 is 0. The molecule has 1 aliphatic rings. The van der Waals surface area contributed by atoms with Gasteiger partial charge in [-0.25, -0.2) is 4.79 Å². The number of nitrogens with one attached hydrogen (secondary N) is 1. The molecule has 2 heterocycles. The van der Waals surface area contributed by atoms with Crippen LogP contribution in [0.2, 0.25) is 0 Å². The molecule has 1 N–H and O–H groups in total. The van der Waals surface area contributed by atoms with Gasteiger partial charge >= 0.3 is 12.3 Å². The Morgan fingerprint density at radius 3 is 2.70 bits per heavy atom. The van der Waals surface area contributed by atoms with Crippen molar-refractivity contribution in [2.45, 2.75) is 38.6 Å². The maximum absolute atomic E-state index is 12.8. The van der Waals surface area contributed by atoms with Gasteiger partial charge in [-0.3, -0.25) is 4.98 Å². The second-order valence-electron chi connectivity index (χ2n) is 6.41. The fraction of sp³-hybridized carbons (Fsp3) is 0.600. The van der Waals surface area contributed by atoms with E-state index in [1.54, 1.807) is 20.8 Å². The summed E-state index contributed by atoms with van der Waals surface area (Å²) in [6.07, 6.45) is -3.82. The summed E-state index contributed by atoms with van der Waals surface area (Å²) in [6, 6.07) is 2.14. The Morgan fingerprint density at radius 1 is 1.39 bits per heavy atom. The first-order valence-electron chi connectivity index (χ1n) is 7.31. The van der Waals surface area contributed by atoms with Crippen molar-refractivity contribution in [3.05, 3.63) is 29.6 Å². The summed E-state index contributed by atoms with van der Waals surface area (Å²) in [7, 11) is 0. The number of hydrogen-bond acceptors (Lipinski definition) is 4.